The molecule has 0 aromatic heterocycles. The van der Waals surface area contributed by atoms with E-state index in [2.05, 4.69) is 0 Å². The van der Waals surface area contributed by atoms with E-state index in [0.29, 0.717) is 13.0 Å². The van der Waals surface area contributed by atoms with Crippen LogP contribution < -0.4 is 0 Å². The second-order valence-corrected chi connectivity index (χ2v) is 7.91. The minimum Gasteiger partial charge on any atom is -0.445 e. The topological polar surface area (TPSA) is 68.2 Å². The lowest BCUT2D eigenvalue weighted by Gasteiger charge is -2.31. The molecule has 1 heterocycles. The normalized spacial score (nSPS) is 28.5. The lowest BCUT2D eigenvalue weighted by molar-refractivity contribution is -0.167. The summed E-state index contributed by atoms with van der Waals surface area (Å²) in [5.41, 5.74) is 2.04. The van der Waals surface area contributed by atoms with Gasteiger partial charge in [0.25, 0.3) is 0 Å². The molecule has 1 aliphatic carbocycles. The summed E-state index contributed by atoms with van der Waals surface area (Å²) in [6, 6.07) is 9.28. The van der Waals surface area contributed by atoms with Gasteiger partial charge < -0.3 is 19.3 Å². The highest BCUT2D eigenvalue weighted by atomic mass is 16.8. The zero-order valence-corrected chi connectivity index (χ0v) is 16.4. The van der Waals surface area contributed by atoms with E-state index in [4.69, 9.17) is 14.2 Å². The number of hydrogen-bond acceptors (Lipinski definition) is 5. The van der Waals surface area contributed by atoms with E-state index >= 15 is 0 Å². The number of rotatable bonds is 5. The van der Waals surface area contributed by atoms with Gasteiger partial charge in [0.15, 0.2) is 5.79 Å². The Kier molecular flexibility index (Phi) is 5.89. The van der Waals surface area contributed by atoms with Crippen LogP contribution >= 0.6 is 0 Å². The summed E-state index contributed by atoms with van der Waals surface area (Å²) in [6.07, 6.45) is 0.499. The van der Waals surface area contributed by atoms with Gasteiger partial charge in [-0.3, -0.25) is 4.90 Å². The van der Waals surface area contributed by atoms with Crippen molar-refractivity contribution >= 4 is 6.09 Å². The predicted molar refractivity (Wildman–Crippen MR) is 101 cm³/mol. The Morgan fingerprint density at radius 3 is 2.59 bits per heavy atom. The van der Waals surface area contributed by atoms with Crippen molar-refractivity contribution in [3.8, 4) is 0 Å². The van der Waals surface area contributed by atoms with E-state index in [-0.39, 0.29) is 18.8 Å². The first kappa shape index (κ1) is 19.9. The molecular weight excluding hydrogens is 346 g/mol. The van der Waals surface area contributed by atoms with Crippen LogP contribution in [0.4, 0.5) is 4.79 Å². The van der Waals surface area contributed by atoms with Crippen molar-refractivity contribution in [2.45, 2.75) is 70.9 Å². The monoisotopic (exact) mass is 375 g/mol. The molecule has 1 aromatic rings. The number of nitrogens with zero attached hydrogens (tertiary/aromatic N) is 1. The van der Waals surface area contributed by atoms with Gasteiger partial charge in [0.2, 0.25) is 0 Å². The van der Waals surface area contributed by atoms with Gasteiger partial charge >= 0.3 is 6.09 Å². The fourth-order valence-corrected chi connectivity index (χ4v) is 3.66. The van der Waals surface area contributed by atoms with Crippen LogP contribution in [-0.2, 0) is 20.8 Å². The lowest BCUT2D eigenvalue weighted by Crippen LogP contribution is -2.47. The number of amides is 1. The van der Waals surface area contributed by atoms with Gasteiger partial charge in [-0.25, -0.2) is 4.79 Å². The van der Waals surface area contributed by atoms with Crippen molar-refractivity contribution in [1.82, 2.24) is 4.90 Å². The van der Waals surface area contributed by atoms with Crippen LogP contribution in [-0.4, -0.2) is 52.8 Å². The van der Waals surface area contributed by atoms with Crippen molar-refractivity contribution in [2.75, 3.05) is 6.54 Å². The fourth-order valence-electron chi connectivity index (χ4n) is 3.66. The molecule has 1 amide bonds. The van der Waals surface area contributed by atoms with E-state index in [9.17, 15) is 9.90 Å². The van der Waals surface area contributed by atoms with Crippen LogP contribution in [0.15, 0.2) is 42.0 Å². The van der Waals surface area contributed by atoms with E-state index in [1.54, 1.807) is 4.90 Å². The molecule has 0 radical (unpaired) electrons. The summed E-state index contributed by atoms with van der Waals surface area (Å²) in [7, 11) is 0. The Bertz CT molecular complexity index is 683. The molecule has 0 spiro atoms. The molecule has 1 N–H and O–H groups in total. The SMILES string of the molecule is CC(C)=CCN(C(=O)OCc1ccccc1)[C@@H]1C[C@H](O)[C@H]2OC(C)(C)O[C@H]21. The Labute approximate surface area is 160 Å². The molecule has 0 unspecified atom stereocenters. The van der Waals surface area contributed by atoms with Gasteiger partial charge in [-0.1, -0.05) is 42.0 Å². The summed E-state index contributed by atoms with van der Waals surface area (Å²) in [5, 5.41) is 10.4. The Morgan fingerprint density at radius 1 is 1.26 bits per heavy atom. The summed E-state index contributed by atoms with van der Waals surface area (Å²) >= 11 is 0. The standard InChI is InChI=1S/C21H29NO5/c1-14(2)10-11-22(20(24)25-13-15-8-6-5-7-9-15)16-12-17(23)19-18(16)26-21(3,4)27-19/h5-10,16-19,23H,11-13H2,1-4H3/t16-,17+,18+,19-/m1/s1. The molecule has 1 saturated heterocycles. The van der Waals surface area contributed by atoms with E-state index in [1.165, 1.54) is 0 Å². The molecule has 2 aliphatic rings. The highest BCUT2D eigenvalue weighted by Crippen LogP contribution is 2.40. The Hall–Kier alpha value is -1.89. The number of aliphatic hydroxyl groups is 1. The fraction of sp³-hybridized carbons (Fsp3) is 0.571. The van der Waals surface area contributed by atoms with E-state index in [0.717, 1.165) is 11.1 Å². The maximum absolute atomic E-state index is 12.9. The molecule has 6 nitrogen and oxygen atoms in total. The zero-order chi connectivity index (χ0) is 19.6. The number of aliphatic hydroxyl groups excluding tert-OH is 1. The molecule has 6 heteroatoms. The third-order valence-corrected chi connectivity index (χ3v) is 4.94. The number of ether oxygens (including phenoxy) is 3. The third kappa shape index (κ3) is 4.69. The maximum Gasteiger partial charge on any atom is 0.410 e. The number of carbonyl (C=O) groups is 1. The van der Waals surface area contributed by atoms with Crippen LogP contribution in [0.1, 0.15) is 39.7 Å². The molecule has 1 saturated carbocycles. The van der Waals surface area contributed by atoms with E-state index < -0.39 is 24.1 Å². The van der Waals surface area contributed by atoms with Crippen LogP contribution in [0.2, 0.25) is 0 Å². The van der Waals surface area contributed by atoms with Gasteiger partial charge in [0, 0.05) is 6.54 Å². The predicted octanol–water partition coefficient (Wildman–Crippen LogP) is 3.24. The number of carbonyl (C=O) groups excluding carboxylic acids is 1. The quantitative estimate of drug-likeness (QED) is 0.800. The molecule has 2 fully saturated rings. The van der Waals surface area contributed by atoms with Crippen molar-refractivity contribution in [2.24, 2.45) is 0 Å². The molecule has 1 aliphatic heterocycles. The van der Waals surface area contributed by atoms with Crippen molar-refractivity contribution in [3.63, 3.8) is 0 Å². The van der Waals surface area contributed by atoms with Crippen LogP contribution in [0.25, 0.3) is 0 Å². The first-order valence-electron chi connectivity index (χ1n) is 9.41. The lowest BCUT2D eigenvalue weighted by atomic mass is 10.1. The number of hydrogen-bond donors (Lipinski definition) is 1. The molecule has 148 valence electrons. The zero-order valence-electron chi connectivity index (χ0n) is 16.4. The summed E-state index contributed by atoms with van der Waals surface area (Å²) in [5.74, 6) is -0.773. The highest BCUT2D eigenvalue weighted by molar-refractivity contribution is 5.68. The average molecular weight is 375 g/mol. The molecule has 0 bridgehead atoms. The van der Waals surface area contributed by atoms with Crippen LogP contribution in [0.5, 0.6) is 0 Å². The number of fused-ring (bicyclic) bond motifs is 1. The molecular formula is C21H29NO5. The van der Waals surface area contributed by atoms with Gasteiger partial charge in [-0.2, -0.15) is 0 Å². The van der Waals surface area contributed by atoms with Gasteiger partial charge in [0.1, 0.15) is 18.8 Å². The molecule has 27 heavy (non-hydrogen) atoms. The molecule has 1 aromatic carbocycles. The maximum atomic E-state index is 12.9. The van der Waals surface area contributed by atoms with Crippen LogP contribution in [0, 0.1) is 0 Å². The summed E-state index contributed by atoms with van der Waals surface area (Å²) in [4.78, 5) is 14.5. The third-order valence-electron chi connectivity index (χ3n) is 4.94. The number of benzene rings is 1. The highest BCUT2D eigenvalue weighted by Gasteiger charge is 2.56. The Morgan fingerprint density at radius 2 is 1.93 bits per heavy atom. The number of allylic oxidation sites excluding steroid dienone is 1. The Balaban J connectivity index is 1.74. The van der Waals surface area contributed by atoms with Gasteiger partial charge in [-0.15, -0.1) is 0 Å². The van der Waals surface area contributed by atoms with Gasteiger partial charge in [-0.05, 0) is 39.7 Å². The largest absolute Gasteiger partial charge is 0.445 e. The van der Waals surface area contributed by atoms with Crippen molar-refractivity contribution < 1.29 is 24.1 Å². The first-order chi connectivity index (χ1) is 12.8. The minimum atomic E-state index is -0.773. The molecule has 3 rings (SSSR count). The smallest absolute Gasteiger partial charge is 0.410 e. The summed E-state index contributed by atoms with van der Waals surface area (Å²) < 4.78 is 17.4. The van der Waals surface area contributed by atoms with E-state index in [1.807, 2.05) is 64.1 Å². The van der Waals surface area contributed by atoms with Crippen molar-refractivity contribution in [1.29, 1.82) is 0 Å². The average Bonchev–Trinajstić information content (AvgIpc) is 3.08. The second kappa shape index (κ2) is 8.00. The van der Waals surface area contributed by atoms with Gasteiger partial charge in [0.05, 0.1) is 12.1 Å². The minimum absolute atomic E-state index is 0.206. The second-order valence-electron chi connectivity index (χ2n) is 7.91. The van der Waals surface area contributed by atoms with Crippen molar-refractivity contribution in [3.05, 3.63) is 47.5 Å². The first-order valence-corrected chi connectivity index (χ1v) is 9.41. The van der Waals surface area contributed by atoms with Crippen LogP contribution in [0.3, 0.4) is 0 Å². The molecule has 4 atom stereocenters. The summed E-state index contributed by atoms with van der Waals surface area (Å²) in [6.45, 7) is 8.22.